The van der Waals surface area contributed by atoms with E-state index in [2.05, 4.69) is 20.7 Å². The van der Waals surface area contributed by atoms with E-state index < -0.39 is 21.5 Å². The van der Waals surface area contributed by atoms with Crippen LogP contribution in [0.4, 0.5) is 0 Å². The molecule has 1 aromatic rings. The molecule has 8 heteroatoms. The zero-order valence-electron chi connectivity index (χ0n) is 11.6. The highest BCUT2D eigenvalue weighted by atomic mass is 79.9. The van der Waals surface area contributed by atoms with Crippen LogP contribution < -0.4 is 9.46 Å². The Kier molecular flexibility index (Phi) is 4.32. The quantitative estimate of drug-likeness (QED) is 0.790. The number of halogens is 1. The highest BCUT2D eigenvalue weighted by Gasteiger charge is 2.50. The van der Waals surface area contributed by atoms with E-state index in [0.717, 1.165) is 0 Å². The van der Waals surface area contributed by atoms with E-state index in [4.69, 9.17) is 4.74 Å². The first-order valence-electron chi connectivity index (χ1n) is 6.31. The smallest absolute Gasteiger partial charge is 0.324 e. The molecule has 0 bridgehead atoms. The summed E-state index contributed by atoms with van der Waals surface area (Å²) in [5, 5.41) is 9.33. The molecule has 1 aliphatic rings. The summed E-state index contributed by atoms with van der Waals surface area (Å²) in [7, 11) is -2.46. The first-order valence-corrected chi connectivity index (χ1v) is 8.59. The molecule has 1 aliphatic carbocycles. The van der Waals surface area contributed by atoms with Crippen molar-refractivity contribution >= 4 is 31.9 Å². The van der Waals surface area contributed by atoms with Crippen molar-refractivity contribution < 1.29 is 23.1 Å². The van der Waals surface area contributed by atoms with Gasteiger partial charge in [0.05, 0.1) is 16.5 Å². The number of hydrogen-bond donors (Lipinski definition) is 2. The SMILES string of the molecule is COc1ccc(S(=O)(=O)NC(C)(C(=O)O)C2CC2)cc1Br. The van der Waals surface area contributed by atoms with Crippen LogP contribution in [0.25, 0.3) is 0 Å². The van der Waals surface area contributed by atoms with Crippen LogP contribution in [-0.4, -0.2) is 32.1 Å². The number of rotatable bonds is 6. The summed E-state index contributed by atoms with van der Waals surface area (Å²) in [5.74, 6) is -0.843. The zero-order chi connectivity index (χ0) is 15.8. The second-order valence-electron chi connectivity index (χ2n) is 5.18. The minimum absolute atomic E-state index is 0.0108. The fourth-order valence-electron chi connectivity index (χ4n) is 2.11. The number of carboxylic acid groups (broad SMARTS) is 1. The van der Waals surface area contributed by atoms with Gasteiger partial charge in [0.15, 0.2) is 0 Å². The summed E-state index contributed by atoms with van der Waals surface area (Å²) >= 11 is 3.22. The van der Waals surface area contributed by atoms with Gasteiger partial charge in [-0.2, -0.15) is 4.72 Å². The molecule has 0 aliphatic heterocycles. The summed E-state index contributed by atoms with van der Waals surface area (Å²) in [6.45, 7) is 1.41. The number of hydrogen-bond acceptors (Lipinski definition) is 4. The molecule has 1 saturated carbocycles. The van der Waals surface area contributed by atoms with Gasteiger partial charge in [-0.3, -0.25) is 4.79 Å². The van der Waals surface area contributed by atoms with Gasteiger partial charge in [-0.25, -0.2) is 8.42 Å². The van der Waals surface area contributed by atoms with Crippen molar-refractivity contribution in [2.45, 2.75) is 30.2 Å². The molecule has 2 N–H and O–H groups in total. The van der Waals surface area contributed by atoms with Gasteiger partial charge in [0.2, 0.25) is 10.0 Å². The van der Waals surface area contributed by atoms with Gasteiger partial charge in [0.25, 0.3) is 0 Å². The summed E-state index contributed by atoms with van der Waals surface area (Å²) in [4.78, 5) is 11.4. The molecule has 1 atom stereocenters. The third-order valence-corrected chi connectivity index (χ3v) is 5.81. The molecule has 0 spiro atoms. The average molecular weight is 378 g/mol. The summed E-state index contributed by atoms with van der Waals surface area (Å²) in [6, 6.07) is 4.27. The minimum atomic E-state index is -3.93. The standard InChI is InChI=1S/C13H16BrNO5S/c1-13(12(16)17,8-3-4-8)15-21(18,19)9-5-6-11(20-2)10(14)7-9/h5-8,15H,3-4H2,1-2H3,(H,16,17). The van der Waals surface area contributed by atoms with Crippen molar-refractivity contribution in [3.05, 3.63) is 22.7 Å². The molecule has 21 heavy (non-hydrogen) atoms. The molecule has 2 rings (SSSR count). The molecular formula is C13H16BrNO5S. The number of sulfonamides is 1. The summed E-state index contributed by atoms with van der Waals surface area (Å²) in [6.07, 6.45) is 1.41. The molecule has 1 aromatic carbocycles. The predicted octanol–water partition coefficient (Wildman–Crippen LogP) is 1.99. The Morgan fingerprint density at radius 1 is 1.48 bits per heavy atom. The molecule has 1 fully saturated rings. The van der Waals surface area contributed by atoms with Gasteiger partial charge in [-0.1, -0.05) is 0 Å². The maximum absolute atomic E-state index is 12.4. The minimum Gasteiger partial charge on any atom is -0.496 e. The van der Waals surface area contributed by atoms with E-state index in [9.17, 15) is 18.3 Å². The van der Waals surface area contributed by atoms with Gasteiger partial charge < -0.3 is 9.84 Å². The molecule has 1 unspecified atom stereocenters. The predicted molar refractivity (Wildman–Crippen MR) is 79.8 cm³/mol. The Balaban J connectivity index is 2.34. The molecule has 0 amide bonds. The lowest BCUT2D eigenvalue weighted by Gasteiger charge is -2.25. The number of methoxy groups -OCH3 is 1. The van der Waals surface area contributed by atoms with Gasteiger partial charge in [0, 0.05) is 0 Å². The largest absolute Gasteiger partial charge is 0.496 e. The lowest BCUT2D eigenvalue weighted by Crippen LogP contribution is -2.53. The lowest BCUT2D eigenvalue weighted by atomic mass is 9.98. The van der Waals surface area contributed by atoms with Crippen molar-refractivity contribution in [1.82, 2.24) is 4.72 Å². The molecule has 6 nitrogen and oxygen atoms in total. The van der Waals surface area contributed by atoms with Crippen LogP contribution in [0.5, 0.6) is 5.75 Å². The fraction of sp³-hybridized carbons (Fsp3) is 0.462. The van der Waals surface area contributed by atoms with Crippen molar-refractivity contribution in [2.75, 3.05) is 7.11 Å². The van der Waals surface area contributed by atoms with Crippen molar-refractivity contribution in [2.24, 2.45) is 5.92 Å². The lowest BCUT2D eigenvalue weighted by molar-refractivity contribution is -0.144. The maximum Gasteiger partial charge on any atom is 0.324 e. The Labute approximate surface area is 131 Å². The van der Waals surface area contributed by atoms with E-state index in [1.165, 1.54) is 32.2 Å². The number of aliphatic carboxylic acids is 1. The third-order valence-electron chi connectivity index (χ3n) is 3.62. The van der Waals surface area contributed by atoms with Gasteiger partial charge >= 0.3 is 5.97 Å². The molecule has 0 saturated heterocycles. The van der Waals surface area contributed by atoms with Crippen LogP contribution in [0, 0.1) is 5.92 Å². The normalized spacial score (nSPS) is 18.0. The first kappa shape index (κ1) is 16.3. The van der Waals surface area contributed by atoms with Crippen LogP contribution in [0.2, 0.25) is 0 Å². The van der Waals surface area contributed by atoms with Crippen molar-refractivity contribution in [3.63, 3.8) is 0 Å². The van der Waals surface area contributed by atoms with E-state index in [1.54, 1.807) is 0 Å². The topological polar surface area (TPSA) is 92.7 Å². The van der Waals surface area contributed by atoms with E-state index in [-0.39, 0.29) is 10.8 Å². The average Bonchev–Trinajstić information content (AvgIpc) is 3.22. The third kappa shape index (κ3) is 3.22. The number of benzene rings is 1. The first-order chi connectivity index (χ1) is 9.70. The Morgan fingerprint density at radius 3 is 2.52 bits per heavy atom. The highest BCUT2D eigenvalue weighted by Crippen LogP contribution is 2.40. The Hall–Kier alpha value is -1.12. The van der Waals surface area contributed by atoms with Crippen LogP contribution in [-0.2, 0) is 14.8 Å². The Bertz CT molecular complexity index is 671. The van der Waals surface area contributed by atoms with Crippen molar-refractivity contribution in [3.8, 4) is 5.75 Å². The molecule has 0 aromatic heterocycles. The molecule has 0 heterocycles. The number of ether oxygens (including phenoxy) is 1. The summed E-state index contributed by atoms with van der Waals surface area (Å²) in [5.41, 5.74) is -1.48. The van der Waals surface area contributed by atoms with E-state index >= 15 is 0 Å². The zero-order valence-corrected chi connectivity index (χ0v) is 14.0. The van der Waals surface area contributed by atoms with Gasteiger partial charge in [-0.15, -0.1) is 0 Å². The molecule has 116 valence electrons. The monoisotopic (exact) mass is 377 g/mol. The molecular weight excluding hydrogens is 362 g/mol. The second-order valence-corrected chi connectivity index (χ2v) is 7.72. The number of carboxylic acids is 1. The molecule has 0 radical (unpaired) electrons. The summed E-state index contributed by atoms with van der Waals surface area (Å²) < 4.78 is 32.7. The van der Waals surface area contributed by atoms with Gasteiger partial charge in [0.1, 0.15) is 11.3 Å². The van der Waals surface area contributed by atoms with E-state index in [0.29, 0.717) is 23.1 Å². The fourth-order valence-corrected chi connectivity index (χ4v) is 4.26. The maximum atomic E-state index is 12.4. The number of carbonyl (C=O) groups is 1. The second kappa shape index (κ2) is 5.58. The van der Waals surface area contributed by atoms with Crippen LogP contribution in [0.1, 0.15) is 19.8 Å². The Morgan fingerprint density at radius 2 is 2.10 bits per heavy atom. The van der Waals surface area contributed by atoms with Crippen LogP contribution in [0.15, 0.2) is 27.6 Å². The van der Waals surface area contributed by atoms with Crippen molar-refractivity contribution in [1.29, 1.82) is 0 Å². The number of nitrogens with one attached hydrogen (secondary N) is 1. The van der Waals surface area contributed by atoms with Gasteiger partial charge in [-0.05, 0) is 59.8 Å². The van der Waals surface area contributed by atoms with Crippen LogP contribution >= 0.6 is 15.9 Å². The van der Waals surface area contributed by atoms with E-state index in [1.807, 2.05) is 0 Å². The van der Waals surface area contributed by atoms with Crippen LogP contribution in [0.3, 0.4) is 0 Å². The highest BCUT2D eigenvalue weighted by molar-refractivity contribution is 9.10.